The number of rotatable bonds is 3. The molecule has 5 heteroatoms. The third-order valence-corrected chi connectivity index (χ3v) is 3.74. The van der Waals surface area contributed by atoms with Crippen molar-refractivity contribution in [2.24, 2.45) is 0 Å². The van der Waals surface area contributed by atoms with E-state index in [0.717, 1.165) is 50.8 Å². The van der Waals surface area contributed by atoms with E-state index >= 15 is 0 Å². The van der Waals surface area contributed by atoms with Crippen molar-refractivity contribution in [3.05, 3.63) is 12.3 Å². The minimum atomic E-state index is 0.514. The Morgan fingerprint density at radius 1 is 1.22 bits per heavy atom. The maximum atomic E-state index is 4.63. The zero-order chi connectivity index (χ0) is 12.2. The summed E-state index contributed by atoms with van der Waals surface area (Å²) in [5.41, 5.74) is 0. The molecule has 0 bridgehead atoms. The maximum absolute atomic E-state index is 4.63. The van der Waals surface area contributed by atoms with Crippen molar-refractivity contribution in [3.63, 3.8) is 0 Å². The van der Waals surface area contributed by atoms with E-state index in [1.165, 1.54) is 12.8 Å². The van der Waals surface area contributed by atoms with Crippen LogP contribution in [-0.2, 0) is 0 Å². The second-order valence-corrected chi connectivity index (χ2v) is 5.10. The second kappa shape index (κ2) is 5.52. The van der Waals surface area contributed by atoms with Gasteiger partial charge in [-0.2, -0.15) is 4.98 Å². The Hall–Kier alpha value is -1.36. The van der Waals surface area contributed by atoms with Crippen LogP contribution in [-0.4, -0.2) is 42.2 Å². The molecule has 0 radical (unpaired) electrons. The highest BCUT2D eigenvalue weighted by molar-refractivity contribution is 5.43. The first-order valence-corrected chi connectivity index (χ1v) is 6.97. The molecule has 2 fully saturated rings. The van der Waals surface area contributed by atoms with E-state index in [0.29, 0.717) is 6.04 Å². The Morgan fingerprint density at radius 2 is 2.00 bits per heavy atom. The fourth-order valence-corrected chi connectivity index (χ4v) is 2.69. The van der Waals surface area contributed by atoms with E-state index in [-0.39, 0.29) is 0 Å². The van der Waals surface area contributed by atoms with Crippen molar-refractivity contribution in [1.82, 2.24) is 15.3 Å². The van der Waals surface area contributed by atoms with E-state index < -0.39 is 0 Å². The molecule has 0 spiro atoms. The first-order chi connectivity index (χ1) is 8.92. The molecule has 0 aliphatic carbocycles. The molecule has 98 valence electrons. The number of nitrogens with one attached hydrogen (secondary N) is 2. The molecule has 0 saturated carbocycles. The summed E-state index contributed by atoms with van der Waals surface area (Å²) in [6.45, 7) is 4.43. The van der Waals surface area contributed by atoms with Gasteiger partial charge in [-0.25, -0.2) is 4.98 Å². The Labute approximate surface area is 108 Å². The van der Waals surface area contributed by atoms with Gasteiger partial charge in [0.05, 0.1) is 0 Å². The Morgan fingerprint density at radius 3 is 2.78 bits per heavy atom. The number of aromatic nitrogens is 2. The predicted molar refractivity (Wildman–Crippen MR) is 73.0 cm³/mol. The van der Waals surface area contributed by atoms with Crippen LogP contribution in [0.5, 0.6) is 0 Å². The van der Waals surface area contributed by atoms with E-state index in [4.69, 9.17) is 0 Å². The van der Waals surface area contributed by atoms with Crippen LogP contribution < -0.4 is 15.5 Å². The third kappa shape index (κ3) is 2.72. The van der Waals surface area contributed by atoms with E-state index in [2.05, 4.69) is 25.5 Å². The van der Waals surface area contributed by atoms with Gasteiger partial charge in [0.15, 0.2) is 0 Å². The van der Waals surface area contributed by atoms with Gasteiger partial charge in [0.1, 0.15) is 5.82 Å². The summed E-state index contributed by atoms with van der Waals surface area (Å²) in [6, 6.07) is 2.53. The lowest BCUT2D eigenvalue weighted by atomic mass is 10.1. The normalized spacial score (nSPS) is 21.2. The van der Waals surface area contributed by atoms with Crippen molar-refractivity contribution < 1.29 is 0 Å². The molecular weight excluding hydrogens is 226 g/mol. The van der Waals surface area contributed by atoms with Crippen LogP contribution in [0, 0.1) is 0 Å². The van der Waals surface area contributed by atoms with Gasteiger partial charge in [-0.05, 0) is 44.8 Å². The van der Waals surface area contributed by atoms with Gasteiger partial charge in [0.25, 0.3) is 0 Å². The van der Waals surface area contributed by atoms with E-state index in [9.17, 15) is 0 Å². The highest BCUT2D eigenvalue weighted by Crippen LogP contribution is 2.19. The van der Waals surface area contributed by atoms with Crippen molar-refractivity contribution in [2.75, 3.05) is 36.4 Å². The quantitative estimate of drug-likeness (QED) is 0.841. The van der Waals surface area contributed by atoms with E-state index in [1.807, 2.05) is 12.3 Å². The van der Waals surface area contributed by atoms with Crippen molar-refractivity contribution in [3.8, 4) is 0 Å². The monoisotopic (exact) mass is 247 g/mol. The molecule has 2 aliphatic heterocycles. The predicted octanol–water partition coefficient (Wildman–Crippen LogP) is 1.24. The lowest BCUT2D eigenvalue weighted by Crippen LogP contribution is -2.35. The van der Waals surface area contributed by atoms with Gasteiger partial charge in [-0.3, -0.25) is 0 Å². The van der Waals surface area contributed by atoms with Crippen LogP contribution in [0.25, 0.3) is 0 Å². The van der Waals surface area contributed by atoms with Gasteiger partial charge in [0, 0.05) is 25.3 Å². The van der Waals surface area contributed by atoms with Crippen LogP contribution in [0.4, 0.5) is 11.8 Å². The van der Waals surface area contributed by atoms with Crippen molar-refractivity contribution in [1.29, 1.82) is 0 Å². The standard InChI is InChI=1S/C13H21N5/c1-2-10-18(9-1)12-5-8-15-13(17-12)16-11-3-6-14-7-4-11/h5,8,11,14H,1-4,6-7,9-10H2,(H,15,16,17). The first-order valence-electron chi connectivity index (χ1n) is 6.97. The molecule has 2 saturated heterocycles. The summed E-state index contributed by atoms with van der Waals surface area (Å²) in [5.74, 6) is 1.85. The van der Waals surface area contributed by atoms with Crippen LogP contribution >= 0.6 is 0 Å². The van der Waals surface area contributed by atoms with Gasteiger partial charge < -0.3 is 15.5 Å². The summed E-state index contributed by atoms with van der Waals surface area (Å²) in [6.07, 6.45) is 6.72. The average Bonchev–Trinajstić information content (AvgIpc) is 2.94. The molecule has 2 aliphatic rings. The zero-order valence-corrected chi connectivity index (χ0v) is 10.7. The van der Waals surface area contributed by atoms with Crippen molar-refractivity contribution in [2.45, 2.75) is 31.7 Å². The summed E-state index contributed by atoms with van der Waals surface area (Å²) in [7, 11) is 0. The van der Waals surface area contributed by atoms with Gasteiger partial charge in [0.2, 0.25) is 5.95 Å². The number of anilines is 2. The summed E-state index contributed by atoms with van der Waals surface area (Å²) >= 11 is 0. The smallest absolute Gasteiger partial charge is 0.224 e. The molecule has 0 atom stereocenters. The van der Waals surface area contributed by atoms with Crippen LogP contribution in [0.1, 0.15) is 25.7 Å². The lowest BCUT2D eigenvalue weighted by Gasteiger charge is -2.24. The summed E-state index contributed by atoms with van der Waals surface area (Å²) in [4.78, 5) is 11.3. The van der Waals surface area contributed by atoms with Crippen molar-refractivity contribution >= 4 is 11.8 Å². The fraction of sp³-hybridized carbons (Fsp3) is 0.692. The molecular formula is C13H21N5. The molecule has 0 amide bonds. The number of hydrogen-bond donors (Lipinski definition) is 2. The highest BCUT2D eigenvalue weighted by Gasteiger charge is 2.16. The number of piperidine rings is 1. The number of nitrogens with zero attached hydrogens (tertiary/aromatic N) is 3. The molecule has 1 aromatic rings. The molecule has 0 unspecified atom stereocenters. The largest absolute Gasteiger partial charge is 0.356 e. The van der Waals surface area contributed by atoms with E-state index in [1.54, 1.807) is 0 Å². The Bertz CT molecular complexity index is 383. The topological polar surface area (TPSA) is 53.1 Å². The van der Waals surface area contributed by atoms with Crippen LogP contribution in [0.15, 0.2) is 12.3 Å². The average molecular weight is 247 g/mol. The lowest BCUT2D eigenvalue weighted by molar-refractivity contribution is 0.477. The maximum Gasteiger partial charge on any atom is 0.224 e. The summed E-state index contributed by atoms with van der Waals surface area (Å²) in [5, 5.41) is 6.82. The molecule has 3 rings (SSSR count). The van der Waals surface area contributed by atoms with Gasteiger partial charge in [-0.15, -0.1) is 0 Å². The Kier molecular flexibility index (Phi) is 3.59. The minimum Gasteiger partial charge on any atom is -0.356 e. The molecule has 5 nitrogen and oxygen atoms in total. The molecule has 1 aromatic heterocycles. The zero-order valence-electron chi connectivity index (χ0n) is 10.7. The molecule has 2 N–H and O–H groups in total. The SMILES string of the molecule is c1cc(N2CCCC2)nc(NC2CCNCC2)n1. The first kappa shape index (κ1) is 11.7. The molecule has 3 heterocycles. The fourth-order valence-electron chi connectivity index (χ4n) is 2.69. The van der Waals surface area contributed by atoms with Crippen LogP contribution in [0.3, 0.4) is 0 Å². The third-order valence-electron chi connectivity index (χ3n) is 3.74. The Balaban J connectivity index is 1.66. The molecule has 0 aromatic carbocycles. The van der Waals surface area contributed by atoms with Crippen LogP contribution in [0.2, 0.25) is 0 Å². The van der Waals surface area contributed by atoms with Gasteiger partial charge in [-0.1, -0.05) is 0 Å². The summed E-state index contributed by atoms with van der Waals surface area (Å²) < 4.78 is 0. The molecule has 18 heavy (non-hydrogen) atoms. The second-order valence-electron chi connectivity index (χ2n) is 5.10. The highest BCUT2D eigenvalue weighted by atomic mass is 15.2. The minimum absolute atomic E-state index is 0.514. The number of hydrogen-bond acceptors (Lipinski definition) is 5. The van der Waals surface area contributed by atoms with Gasteiger partial charge >= 0.3 is 0 Å².